The quantitative estimate of drug-likeness (QED) is 0.0570. The molecule has 0 spiro atoms. The van der Waals surface area contributed by atoms with E-state index in [1.165, 1.54) is 0 Å². The molecule has 1 aliphatic rings. The van der Waals surface area contributed by atoms with Crippen molar-refractivity contribution in [1.29, 1.82) is 0 Å². The molecule has 1 saturated heterocycles. The Morgan fingerprint density at radius 1 is 0.647 bits per heavy atom. The molecule has 0 aliphatic carbocycles. The Morgan fingerprint density at radius 3 is 1.24 bits per heavy atom. The molecule has 1 heterocycles. The number of carboxylic acids is 2. The van der Waals surface area contributed by atoms with Crippen LogP contribution in [0.5, 0.6) is 0 Å². The fourth-order valence-corrected chi connectivity index (χ4v) is 1.52. The Morgan fingerprint density at radius 2 is 1.08 bits per heavy atom. The Hall–Kier alpha value is -3.10. The van der Waals surface area contributed by atoms with Crippen molar-refractivity contribution in [3.05, 3.63) is 0 Å². The normalized spacial score (nSPS) is 14.1. The number of nitrogens with zero attached hydrogens (tertiary/aromatic N) is 1. The van der Waals surface area contributed by atoms with Crippen LogP contribution < -0.4 is 0 Å². The molecule has 0 amide bonds. The molecule has 0 aromatic heterocycles. The number of carboxylic acid groups (broad SMARTS) is 2. The highest BCUT2D eigenvalue weighted by atomic mass is 19.4. The lowest BCUT2D eigenvalue weighted by atomic mass is 10.3. The first kappa shape index (κ1) is 57.2. The molecule has 0 radical (unpaired) electrons. The van der Waals surface area contributed by atoms with Crippen LogP contribution in [0.15, 0.2) is 4.99 Å². The van der Waals surface area contributed by atoms with Crippen molar-refractivity contribution in [2.45, 2.75) is 88.1 Å². The van der Waals surface area contributed by atoms with E-state index in [2.05, 4.69) is 9.73 Å². The van der Waals surface area contributed by atoms with Crippen molar-refractivity contribution >= 4 is 18.0 Å². The van der Waals surface area contributed by atoms with E-state index in [1.807, 2.05) is 0 Å². The molecule has 10 nitrogen and oxygen atoms in total. The molecule has 4 N–H and O–H groups in total. The Balaban J connectivity index is -0.000000167. The second-order valence-electron chi connectivity index (χ2n) is 8.64. The van der Waals surface area contributed by atoms with E-state index < -0.39 is 101 Å². The van der Waals surface area contributed by atoms with E-state index in [4.69, 9.17) is 30.0 Å². The number of alkyl halides is 18. The van der Waals surface area contributed by atoms with Gasteiger partial charge in [0.1, 0.15) is 19.1 Å². The van der Waals surface area contributed by atoms with E-state index in [0.717, 1.165) is 6.08 Å². The van der Waals surface area contributed by atoms with Crippen molar-refractivity contribution in [3.63, 3.8) is 0 Å². The molecule has 0 aromatic carbocycles. The molecule has 1 aliphatic heterocycles. The third-order valence-corrected chi connectivity index (χ3v) is 3.55. The van der Waals surface area contributed by atoms with Gasteiger partial charge < -0.3 is 29.9 Å². The third kappa shape index (κ3) is 87.4. The van der Waals surface area contributed by atoms with Crippen LogP contribution in [0.3, 0.4) is 0 Å². The minimum Gasteiger partial charge on any atom is -0.481 e. The number of hydrogen-bond donors (Lipinski definition) is 4. The molecule has 1 rings (SSSR count). The maximum atomic E-state index is 11.5. The number of aliphatic hydroxyl groups is 2. The summed E-state index contributed by atoms with van der Waals surface area (Å²) in [5, 5.41) is 30.9. The van der Waals surface area contributed by atoms with Gasteiger partial charge in [-0.3, -0.25) is 9.59 Å². The predicted molar refractivity (Wildman–Crippen MR) is 132 cm³/mol. The maximum Gasteiger partial charge on any atom is 0.408 e. The van der Waals surface area contributed by atoms with Gasteiger partial charge in [-0.1, -0.05) is 0 Å². The average molecular weight is 807 g/mol. The summed E-state index contributed by atoms with van der Waals surface area (Å²) >= 11 is 0. The summed E-state index contributed by atoms with van der Waals surface area (Å²) in [6.07, 6.45) is -31.8. The minimum atomic E-state index is -4.58. The van der Waals surface area contributed by atoms with Crippen molar-refractivity contribution < 1.29 is 123 Å². The van der Waals surface area contributed by atoms with E-state index in [-0.39, 0.29) is 32.3 Å². The van der Waals surface area contributed by atoms with Gasteiger partial charge in [-0.2, -0.15) is 84.0 Å². The number of aliphatic hydroxyl groups excluding tert-OH is 2. The number of rotatable bonds is 11. The lowest BCUT2D eigenvalue weighted by Crippen LogP contribution is -2.13. The number of aliphatic imine (C=N–C) groups is 1. The van der Waals surface area contributed by atoms with Crippen LogP contribution in [0.4, 0.5) is 79.0 Å². The van der Waals surface area contributed by atoms with Gasteiger partial charge in [-0.15, -0.1) is 0 Å². The van der Waals surface area contributed by atoms with Crippen LogP contribution in [0.25, 0.3) is 0 Å². The SMILES string of the molecule is FC(F)(F)CCOCC1CO1.O=C(O)CC(F)(F)F.O=C(O)CCC(F)(F)F.O=C=NCC(F)(F)F.OCCC(F)(F)F.OCCCC(F)(F)F. The standard InChI is InChI=1S/C6H9F3O2.C4H5F3O2.C4H7F3O.C3H2F3NO.C3H3F3O2.C3H5F3O/c7-6(8,9)1-2-10-3-5-4-11-5;5-4(6,7)2-1-3(8)9;5-4(6,7)2-1-3-8;4-3(5,6)1-7-2-8;4-3(5,6)1-2(7)8;4-3(5,6)1-2-7/h5H,1-4H2;1-2H2,(H,8,9);8H,1-3H2;1H2;1H2,(H,7,8);7H,1-2H2. The number of ether oxygens (including phenoxy) is 2. The summed E-state index contributed by atoms with van der Waals surface area (Å²) in [7, 11) is 0. The molecule has 1 unspecified atom stereocenters. The Labute approximate surface area is 275 Å². The van der Waals surface area contributed by atoms with E-state index in [1.54, 1.807) is 0 Å². The van der Waals surface area contributed by atoms with Gasteiger partial charge in [0.05, 0.1) is 52.1 Å². The monoisotopic (exact) mass is 807 g/mol. The largest absolute Gasteiger partial charge is 0.481 e. The summed E-state index contributed by atoms with van der Waals surface area (Å²) in [6, 6.07) is 0. The zero-order chi connectivity index (χ0) is 41.8. The first-order valence-corrected chi connectivity index (χ1v) is 12.9. The van der Waals surface area contributed by atoms with Gasteiger partial charge in [0, 0.05) is 13.0 Å². The molecular weight excluding hydrogens is 776 g/mol. The summed E-state index contributed by atoms with van der Waals surface area (Å²) in [6.45, 7) is -2.00. The van der Waals surface area contributed by atoms with Crippen LogP contribution in [0.1, 0.15) is 44.9 Å². The van der Waals surface area contributed by atoms with Crippen LogP contribution in [0, 0.1) is 0 Å². The number of isocyanates is 1. The summed E-state index contributed by atoms with van der Waals surface area (Å²) in [5.41, 5.74) is 0. The van der Waals surface area contributed by atoms with Crippen molar-refractivity contribution in [2.24, 2.45) is 4.99 Å². The van der Waals surface area contributed by atoms with Crippen molar-refractivity contribution in [2.75, 3.05) is 39.6 Å². The molecule has 0 aromatic rings. The molecule has 308 valence electrons. The lowest BCUT2D eigenvalue weighted by Gasteiger charge is -2.05. The Bertz CT molecular complexity index is 908. The lowest BCUT2D eigenvalue weighted by molar-refractivity contribution is -0.166. The molecule has 28 heteroatoms. The maximum absolute atomic E-state index is 11.5. The average Bonchev–Trinajstić information content (AvgIpc) is 3.70. The van der Waals surface area contributed by atoms with Crippen LogP contribution >= 0.6 is 0 Å². The van der Waals surface area contributed by atoms with E-state index in [9.17, 15) is 88.6 Å². The van der Waals surface area contributed by atoms with Crippen LogP contribution in [0.2, 0.25) is 0 Å². The van der Waals surface area contributed by atoms with Crippen LogP contribution in [-0.4, -0.2) is 121 Å². The first-order valence-electron chi connectivity index (χ1n) is 12.9. The highest BCUT2D eigenvalue weighted by Gasteiger charge is 2.31. The number of epoxide rings is 1. The molecule has 1 atom stereocenters. The highest BCUT2D eigenvalue weighted by Crippen LogP contribution is 2.22. The van der Waals surface area contributed by atoms with E-state index in [0.29, 0.717) is 6.61 Å². The third-order valence-electron chi connectivity index (χ3n) is 3.55. The molecule has 1 fully saturated rings. The first-order chi connectivity index (χ1) is 22.6. The zero-order valence-electron chi connectivity index (χ0n) is 25.4. The summed E-state index contributed by atoms with van der Waals surface area (Å²) < 4.78 is 209. The van der Waals surface area contributed by atoms with Crippen molar-refractivity contribution in [3.8, 4) is 0 Å². The second-order valence-corrected chi connectivity index (χ2v) is 8.64. The summed E-state index contributed by atoms with van der Waals surface area (Å²) in [5.74, 6) is -3.27. The molecular formula is C23H31F18NO9. The van der Waals surface area contributed by atoms with Gasteiger partial charge in [0.25, 0.3) is 0 Å². The fourth-order valence-electron chi connectivity index (χ4n) is 1.52. The smallest absolute Gasteiger partial charge is 0.408 e. The van der Waals surface area contributed by atoms with Gasteiger partial charge in [0.2, 0.25) is 6.08 Å². The number of aliphatic carboxylic acids is 2. The Kier molecular flexibility index (Phi) is 32.0. The van der Waals surface area contributed by atoms with Crippen LogP contribution in [-0.2, 0) is 23.9 Å². The number of halogens is 18. The summed E-state index contributed by atoms with van der Waals surface area (Å²) in [4.78, 5) is 30.2. The minimum absolute atomic E-state index is 0.0447. The number of carbonyl (C=O) groups is 2. The molecule has 51 heavy (non-hydrogen) atoms. The van der Waals surface area contributed by atoms with Gasteiger partial charge in [-0.25, -0.2) is 4.79 Å². The van der Waals surface area contributed by atoms with Gasteiger partial charge >= 0.3 is 49.0 Å². The van der Waals surface area contributed by atoms with Gasteiger partial charge in [0.15, 0.2) is 0 Å². The van der Waals surface area contributed by atoms with E-state index >= 15 is 0 Å². The van der Waals surface area contributed by atoms with Gasteiger partial charge in [-0.05, 0) is 6.42 Å². The zero-order valence-corrected chi connectivity index (χ0v) is 25.4. The number of hydrogen-bond acceptors (Lipinski definition) is 8. The second kappa shape index (κ2) is 28.5. The molecule has 0 saturated carbocycles. The molecule has 0 bridgehead atoms. The fraction of sp³-hybridized carbons (Fsp3) is 0.870. The van der Waals surface area contributed by atoms with Crippen molar-refractivity contribution in [1.82, 2.24) is 0 Å². The number of carbonyl (C=O) groups excluding carboxylic acids is 1. The predicted octanol–water partition coefficient (Wildman–Crippen LogP) is 6.93. The topological polar surface area (TPSA) is 166 Å². The highest BCUT2D eigenvalue weighted by molar-refractivity contribution is 5.67.